The highest BCUT2D eigenvalue weighted by molar-refractivity contribution is 9.10. The van der Waals surface area contributed by atoms with Gasteiger partial charge in [0, 0.05) is 14.0 Å². The Labute approximate surface area is 128 Å². The van der Waals surface area contributed by atoms with Crippen molar-refractivity contribution >= 4 is 53.3 Å². The highest BCUT2D eigenvalue weighted by atomic mass is 79.9. The molecular formula is C15H14Br2S. The van der Waals surface area contributed by atoms with Crippen molar-refractivity contribution < 1.29 is 0 Å². The van der Waals surface area contributed by atoms with E-state index in [1.54, 1.807) is 0 Å². The van der Waals surface area contributed by atoms with Crippen LogP contribution >= 0.6 is 43.2 Å². The maximum Gasteiger partial charge on any atom is 0.0488 e. The molecule has 2 fully saturated rings. The molecule has 1 aromatic heterocycles. The van der Waals surface area contributed by atoms with Crippen LogP contribution in [0.3, 0.4) is 0 Å². The van der Waals surface area contributed by atoms with Gasteiger partial charge in [-0.2, -0.15) is 0 Å². The first-order valence-electron chi connectivity index (χ1n) is 6.53. The molecule has 0 N–H and O–H groups in total. The highest BCUT2D eigenvalue weighted by Crippen LogP contribution is 2.59. The largest absolute Gasteiger partial charge is 0.142 e. The molecule has 1 aromatic carbocycles. The molecule has 0 radical (unpaired) electrons. The predicted molar refractivity (Wildman–Crippen MR) is 85.5 cm³/mol. The zero-order valence-corrected chi connectivity index (χ0v) is 13.9. The molecular weight excluding hydrogens is 372 g/mol. The zero-order valence-electron chi connectivity index (χ0n) is 9.90. The maximum atomic E-state index is 3.98. The topological polar surface area (TPSA) is 0 Å². The summed E-state index contributed by atoms with van der Waals surface area (Å²) in [6, 6.07) is 6.54. The third kappa shape index (κ3) is 1.82. The summed E-state index contributed by atoms with van der Waals surface area (Å²) >= 11 is 9.49. The van der Waals surface area contributed by atoms with Crippen molar-refractivity contribution in [1.82, 2.24) is 0 Å². The van der Waals surface area contributed by atoms with Crippen LogP contribution in [-0.4, -0.2) is 0 Å². The van der Waals surface area contributed by atoms with E-state index in [0.29, 0.717) is 4.83 Å². The summed E-state index contributed by atoms with van der Waals surface area (Å²) in [7, 11) is 0. The van der Waals surface area contributed by atoms with E-state index >= 15 is 0 Å². The molecule has 0 nitrogen and oxygen atoms in total. The van der Waals surface area contributed by atoms with E-state index in [4.69, 9.17) is 0 Å². The van der Waals surface area contributed by atoms with Crippen molar-refractivity contribution in [3.05, 3.63) is 33.6 Å². The van der Waals surface area contributed by atoms with Gasteiger partial charge in [-0.05, 0) is 75.3 Å². The van der Waals surface area contributed by atoms with Crippen LogP contribution in [0.4, 0.5) is 0 Å². The Morgan fingerprint density at radius 3 is 2.72 bits per heavy atom. The first-order chi connectivity index (χ1) is 8.74. The molecule has 0 aliphatic heterocycles. The summed E-state index contributed by atoms with van der Waals surface area (Å²) in [5.41, 5.74) is 1.50. The second-order valence-corrected chi connectivity index (χ2v) is 8.42. The Hall–Kier alpha value is 0.140. The van der Waals surface area contributed by atoms with Crippen LogP contribution in [0.5, 0.6) is 0 Å². The van der Waals surface area contributed by atoms with E-state index in [-0.39, 0.29) is 0 Å². The number of benzene rings is 1. The summed E-state index contributed by atoms with van der Waals surface area (Å²) in [5.74, 6) is 2.98. The van der Waals surface area contributed by atoms with Crippen molar-refractivity contribution in [2.75, 3.05) is 0 Å². The Morgan fingerprint density at radius 1 is 1.17 bits per heavy atom. The molecule has 3 unspecified atom stereocenters. The Morgan fingerprint density at radius 2 is 1.94 bits per heavy atom. The fourth-order valence-electron chi connectivity index (χ4n) is 3.51. The Bertz CT molecular complexity index is 594. The lowest BCUT2D eigenvalue weighted by molar-refractivity contribution is 0.483. The normalized spacial score (nSPS) is 31.6. The zero-order chi connectivity index (χ0) is 12.3. The minimum atomic E-state index is 0.549. The number of fused-ring (bicyclic) bond motifs is 2. The smallest absolute Gasteiger partial charge is 0.0488 e. The number of hydrogen-bond acceptors (Lipinski definition) is 1. The maximum absolute atomic E-state index is 3.98. The van der Waals surface area contributed by atoms with Crippen molar-refractivity contribution in [1.29, 1.82) is 0 Å². The number of thiophene rings is 1. The molecule has 2 saturated carbocycles. The van der Waals surface area contributed by atoms with Gasteiger partial charge in [-0.3, -0.25) is 0 Å². The van der Waals surface area contributed by atoms with Crippen LogP contribution in [0.2, 0.25) is 0 Å². The first-order valence-corrected chi connectivity index (χ1v) is 9.12. The van der Waals surface area contributed by atoms with Crippen LogP contribution in [0.1, 0.15) is 29.7 Å². The Kier molecular flexibility index (Phi) is 2.86. The number of alkyl halides is 1. The van der Waals surface area contributed by atoms with E-state index < -0.39 is 0 Å². The quantitative estimate of drug-likeness (QED) is 0.544. The molecule has 94 valence electrons. The molecule has 3 heteroatoms. The SMILES string of the molecule is Brc1cccc2c(C(Br)C3CC4CC4C3)csc12. The summed E-state index contributed by atoms with van der Waals surface area (Å²) < 4.78 is 2.62. The Balaban J connectivity index is 1.71. The molecule has 0 amide bonds. The van der Waals surface area contributed by atoms with E-state index in [1.807, 2.05) is 11.3 Å². The molecule has 3 atom stereocenters. The molecule has 1 heterocycles. The van der Waals surface area contributed by atoms with Gasteiger partial charge in [0.25, 0.3) is 0 Å². The summed E-state index contributed by atoms with van der Waals surface area (Å²) in [5, 5.41) is 3.77. The molecule has 4 rings (SSSR count). The minimum Gasteiger partial charge on any atom is -0.142 e. The van der Waals surface area contributed by atoms with Gasteiger partial charge in [-0.1, -0.05) is 28.1 Å². The average molecular weight is 386 g/mol. The summed E-state index contributed by atoms with van der Waals surface area (Å²) in [4.78, 5) is 0.549. The van der Waals surface area contributed by atoms with Gasteiger partial charge in [0.1, 0.15) is 0 Å². The lowest BCUT2D eigenvalue weighted by atomic mass is 9.94. The van der Waals surface area contributed by atoms with Crippen molar-refractivity contribution in [3.63, 3.8) is 0 Å². The molecule has 0 spiro atoms. The number of rotatable bonds is 2. The van der Waals surface area contributed by atoms with Crippen LogP contribution in [-0.2, 0) is 0 Å². The fraction of sp³-hybridized carbons (Fsp3) is 0.467. The molecule has 2 aromatic rings. The second kappa shape index (κ2) is 4.32. The number of hydrogen-bond donors (Lipinski definition) is 0. The molecule has 0 saturated heterocycles. The fourth-order valence-corrected chi connectivity index (χ4v) is 6.15. The standard InChI is InChI=1S/C15H14Br2S/c16-13-3-1-2-11-12(7-18-15(11)13)14(17)10-5-8-4-9(8)6-10/h1-3,7-10,14H,4-6H2. The molecule has 2 aliphatic carbocycles. The molecule has 0 bridgehead atoms. The van der Waals surface area contributed by atoms with Crippen molar-refractivity contribution in [3.8, 4) is 0 Å². The molecule has 2 aliphatic rings. The highest BCUT2D eigenvalue weighted by Gasteiger charge is 2.47. The molecule has 18 heavy (non-hydrogen) atoms. The lowest BCUT2D eigenvalue weighted by Gasteiger charge is -2.18. The van der Waals surface area contributed by atoms with E-state index in [2.05, 4.69) is 55.4 Å². The lowest BCUT2D eigenvalue weighted by Crippen LogP contribution is -2.04. The van der Waals surface area contributed by atoms with Crippen LogP contribution in [0, 0.1) is 17.8 Å². The summed E-state index contributed by atoms with van der Waals surface area (Å²) in [6.45, 7) is 0. The number of halogens is 2. The van der Waals surface area contributed by atoms with Gasteiger partial charge < -0.3 is 0 Å². The van der Waals surface area contributed by atoms with E-state index in [9.17, 15) is 0 Å². The van der Waals surface area contributed by atoms with Gasteiger partial charge >= 0.3 is 0 Å². The van der Waals surface area contributed by atoms with Gasteiger partial charge in [0.15, 0.2) is 0 Å². The second-order valence-electron chi connectivity index (χ2n) is 5.70. The van der Waals surface area contributed by atoms with Gasteiger partial charge in [0.2, 0.25) is 0 Å². The average Bonchev–Trinajstić information content (AvgIpc) is 2.81. The van der Waals surface area contributed by atoms with Gasteiger partial charge in [-0.25, -0.2) is 0 Å². The predicted octanol–water partition coefficient (Wildman–Crippen LogP) is 6.15. The van der Waals surface area contributed by atoms with Crippen LogP contribution < -0.4 is 0 Å². The van der Waals surface area contributed by atoms with E-state index in [0.717, 1.165) is 17.8 Å². The minimum absolute atomic E-state index is 0.549. The third-order valence-electron chi connectivity index (χ3n) is 4.57. The van der Waals surface area contributed by atoms with Gasteiger partial charge in [-0.15, -0.1) is 11.3 Å². The van der Waals surface area contributed by atoms with Crippen molar-refractivity contribution in [2.24, 2.45) is 17.8 Å². The van der Waals surface area contributed by atoms with Gasteiger partial charge in [0.05, 0.1) is 0 Å². The van der Waals surface area contributed by atoms with Crippen molar-refractivity contribution in [2.45, 2.75) is 24.1 Å². The first kappa shape index (κ1) is 11.9. The van der Waals surface area contributed by atoms with E-state index in [1.165, 1.54) is 39.4 Å². The third-order valence-corrected chi connectivity index (χ3v) is 7.78. The van der Waals surface area contributed by atoms with Crippen LogP contribution in [0.25, 0.3) is 10.1 Å². The monoisotopic (exact) mass is 384 g/mol. The van der Waals surface area contributed by atoms with Crippen LogP contribution in [0.15, 0.2) is 28.1 Å². The summed E-state index contributed by atoms with van der Waals surface area (Å²) in [6.07, 6.45) is 4.38.